The second kappa shape index (κ2) is 8.40. The van der Waals surface area contributed by atoms with Crippen molar-refractivity contribution in [2.24, 2.45) is 0 Å². The van der Waals surface area contributed by atoms with Crippen LogP contribution in [0.25, 0.3) is 33.6 Å². The van der Waals surface area contributed by atoms with Gasteiger partial charge in [0.1, 0.15) is 5.75 Å². The number of phenolic OH excluding ortho intramolecular Hbond substituents is 1. The molecule has 2 aromatic heterocycles. The fourth-order valence-electron chi connectivity index (χ4n) is 3.90. The summed E-state index contributed by atoms with van der Waals surface area (Å²) in [4.78, 5) is 16.8. The number of aromatic nitrogens is 2. The van der Waals surface area contributed by atoms with Crippen LogP contribution in [0.4, 0.5) is 0 Å². The van der Waals surface area contributed by atoms with Crippen LogP contribution in [-0.2, 0) is 11.3 Å². The van der Waals surface area contributed by atoms with E-state index in [-0.39, 0.29) is 11.7 Å². The molecule has 0 radical (unpaired) electrons. The molecule has 5 rings (SSSR count). The Morgan fingerprint density at radius 1 is 0.906 bits per heavy atom. The van der Waals surface area contributed by atoms with Crippen LogP contribution in [-0.4, -0.2) is 20.6 Å². The van der Waals surface area contributed by atoms with E-state index in [2.05, 4.69) is 39.1 Å². The third-order valence-electron chi connectivity index (χ3n) is 5.37. The molecule has 0 unspecified atom stereocenters. The SMILES string of the molecule is O=C(/C=C/c1cccc(O)c1)NCc1cc2c3ccccc3n(-c3ccccc3)c2cn1. The first-order chi connectivity index (χ1) is 15.7. The van der Waals surface area contributed by atoms with Gasteiger partial charge in [-0.2, -0.15) is 0 Å². The third kappa shape index (κ3) is 3.84. The van der Waals surface area contributed by atoms with Gasteiger partial charge in [0.05, 0.1) is 29.5 Å². The molecular weight excluding hydrogens is 398 g/mol. The van der Waals surface area contributed by atoms with Crippen molar-refractivity contribution in [1.29, 1.82) is 0 Å². The Bertz CT molecular complexity index is 1450. The van der Waals surface area contributed by atoms with Gasteiger partial charge < -0.3 is 15.0 Å². The monoisotopic (exact) mass is 419 g/mol. The maximum atomic E-state index is 12.2. The lowest BCUT2D eigenvalue weighted by molar-refractivity contribution is -0.116. The Balaban J connectivity index is 1.42. The summed E-state index contributed by atoms with van der Waals surface area (Å²) in [5, 5.41) is 14.6. The first kappa shape index (κ1) is 19.6. The molecule has 0 aliphatic rings. The van der Waals surface area contributed by atoms with Crippen LogP contribution in [0.2, 0.25) is 0 Å². The van der Waals surface area contributed by atoms with Crippen molar-refractivity contribution in [3.05, 3.63) is 108 Å². The fourth-order valence-corrected chi connectivity index (χ4v) is 3.90. The number of aromatic hydroxyl groups is 1. The number of rotatable bonds is 5. The molecule has 0 atom stereocenters. The average molecular weight is 419 g/mol. The third-order valence-corrected chi connectivity index (χ3v) is 5.37. The van der Waals surface area contributed by atoms with E-state index >= 15 is 0 Å². The lowest BCUT2D eigenvalue weighted by Gasteiger charge is -2.07. The quantitative estimate of drug-likeness (QED) is 0.384. The summed E-state index contributed by atoms with van der Waals surface area (Å²) in [7, 11) is 0. The zero-order chi connectivity index (χ0) is 21.9. The van der Waals surface area contributed by atoms with Crippen molar-refractivity contribution < 1.29 is 9.90 Å². The number of hydrogen-bond acceptors (Lipinski definition) is 3. The summed E-state index contributed by atoms with van der Waals surface area (Å²) in [6.07, 6.45) is 4.99. The molecule has 0 aliphatic heterocycles. The topological polar surface area (TPSA) is 67.2 Å². The second-order valence-corrected chi connectivity index (χ2v) is 7.53. The number of pyridine rings is 1. The maximum absolute atomic E-state index is 12.2. The first-order valence-corrected chi connectivity index (χ1v) is 10.4. The second-order valence-electron chi connectivity index (χ2n) is 7.53. The van der Waals surface area contributed by atoms with Crippen molar-refractivity contribution in [1.82, 2.24) is 14.9 Å². The van der Waals surface area contributed by atoms with Crippen LogP contribution in [0.3, 0.4) is 0 Å². The highest BCUT2D eigenvalue weighted by atomic mass is 16.3. The van der Waals surface area contributed by atoms with E-state index in [1.165, 1.54) is 6.08 Å². The van der Waals surface area contributed by atoms with Crippen LogP contribution in [0.15, 0.2) is 97.2 Å². The van der Waals surface area contributed by atoms with E-state index in [0.29, 0.717) is 6.54 Å². The van der Waals surface area contributed by atoms with Crippen LogP contribution >= 0.6 is 0 Å². The molecule has 5 nitrogen and oxygen atoms in total. The standard InChI is InChI=1S/C27H21N3O2/c31-22-10-6-7-19(15-22)13-14-27(32)29-17-20-16-24-23-11-4-5-12-25(23)30(26(24)18-28-20)21-8-2-1-3-9-21/h1-16,18,31H,17H2,(H,29,32)/b14-13+. The number of amides is 1. The van der Waals surface area contributed by atoms with Gasteiger partial charge in [-0.05, 0) is 48.0 Å². The average Bonchev–Trinajstić information content (AvgIpc) is 3.16. The lowest BCUT2D eigenvalue weighted by atomic mass is 10.1. The highest BCUT2D eigenvalue weighted by Crippen LogP contribution is 2.31. The van der Waals surface area contributed by atoms with E-state index in [4.69, 9.17) is 0 Å². The van der Waals surface area contributed by atoms with Gasteiger partial charge in [-0.1, -0.05) is 48.5 Å². The number of fused-ring (bicyclic) bond motifs is 3. The van der Waals surface area contributed by atoms with Crippen molar-refractivity contribution in [3.63, 3.8) is 0 Å². The Hall–Kier alpha value is -4.38. The van der Waals surface area contributed by atoms with E-state index in [1.54, 1.807) is 24.3 Å². The van der Waals surface area contributed by atoms with Crippen molar-refractivity contribution >= 4 is 33.8 Å². The summed E-state index contributed by atoms with van der Waals surface area (Å²) >= 11 is 0. The molecule has 0 bridgehead atoms. The van der Waals surface area contributed by atoms with Crippen molar-refractivity contribution in [2.75, 3.05) is 0 Å². The van der Waals surface area contributed by atoms with E-state index in [1.807, 2.05) is 48.7 Å². The summed E-state index contributed by atoms with van der Waals surface area (Å²) in [6.45, 7) is 0.323. The van der Waals surface area contributed by atoms with E-state index in [0.717, 1.165) is 38.8 Å². The number of carbonyl (C=O) groups is 1. The number of phenols is 1. The number of para-hydroxylation sites is 2. The smallest absolute Gasteiger partial charge is 0.244 e. The van der Waals surface area contributed by atoms with Crippen LogP contribution in [0.1, 0.15) is 11.3 Å². The molecule has 156 valence electrons. The van der Waals surface area contributed by atoms with Crippen molar-refractivity contribution in [2.45, 2.75) is 6.54 Å². The Kier molecular flexibility index (Phi) is 5.14. The first-order valence-electron chi connectivity index (χ1n) is 10.4. The summed E-state index contributed by atoms with van der Waals surface area (Å²) < 4.78 is 2.21. The molecule has 0 aliphatic carbocycles. The molecule has 0 saturated heterocycles. The zero-order valence-electron chi connectivity index (χ0n) is 17.3. The number of nitrogens with one attached hydrogen (secondary N) is 1. The minimum atomic E-state index is -0.220. The predicted molar refractivity (Wildman–Crippen MR) is 128 cm³/mol. The van der Waals surface area contributed by atoms with Crippen molar-refractivity contribution in [3.8, 4) is 11.4 Å². The molecule has 2 heterocycles. The molecule has 32 heavy (non-hydrogen) atoms. The van der Waals surface area contributed by atoms with E-state index < -0.39 is 0 Å². The molecule has 1 amide bonds. The summed E-state index contributed by atoms with van der Waals surface area (Å²) in [5.41, 5.74) is 4.77. The highest BCUT2D eigenvalue weighted by Gasteiger charge is 2.13. The molecular formula is C27H21N3O2. The van der Waals surface area contributed by atoms with Crippen LogP contribution < -0.4 is 5.32 Å². The minimum Gasteiger partial charge on any atom is -0.508 e. The molecule has 2 N–H and O–H groups in total. The zero-order valence-corrected chi connectivity index (χ0v) is 17.3. The molecule has 0 spiro atoms. The predicted octanol–water partition coefficient (Wildman–Crippen LogP) is 5.21. The molecule has 5 heteroatoms. The number of nitrogens with zero attached hydrogens (tertiary/aromatic N) is 2. The van der Waals surface area contributed by atoms with E-state index in [9.17, 15) is 9.90 Å². The lowest BCUT2D eigenvalue weighted by Crippen LogP contribution is -2.20. The Labute approximate surface area is 185 Å². The fraction of sp³-hybridized carbons (Fsp3) is 0.0370. The number of carbonyl (C=O) groups excluding carboxylic acids is 1. The highest BCUT2D eigenvalue weighted by molar-refractivity contribution is 6.09. The van der Waals surface area contributed by atoms with Crippen LogP contribution in [0, 0.1) is 0 Å². The molecule has 5 aromatic rings. The summed E-state index contributed by atoms with van der Waals surface area (Å²) in [5.74, 6) is -0.0540. The van der Waals surface area contributed by atoms with Gasteiger partial charge in [0.15, 0.2) is 0 Å². The largest absolute Gasteiger partial charge is 0.508 e. The van der Waals surface area contributed by atoms with Gasteiger partial charge in [-0.25, -0.2) is 0 Å². The van der Waals surface area contributed by atoms with Gasteiger partial charge in [-0.15, -0.1) is 0 Å². The van der Waals surface area contributed by atoms with Gasteiger partial charge in [0, 0.05) is 22.5 Å². The number of hydrogen-bond donors (Lipinski definition) is 2. The number of benzene rings is 3. The Morgan fingerprint density at radius 3 is 2.56 bits per heavy atom. The molecule has 0 saturated carbocycles. The van der Waals surface area contributed by atoms with Crippen LogP contribution in [0.5, 0.6) is 5.75 Å². The maximum Gasteiger partial charge on any atom is 0.244 e. The van der Waals surface area contributed by atoms with Gasteiger partial charge >= 0.3 is 0 Å². The normalized spacial score (nSPS) is 11.4. The van der Waals surface area contributed by atoms with Gasteiger partial charge in [0.2, 0.25) is 5.91 Å². The summed E-state index contributed by atoms with van der Waals surface area (Å²) in [6, 6.07) is 27.3. The van der Waals surface area contributed by atoms with Gasteiger partial charge in [-0.3, -0.25) is 9.78 Å². The molecule has 0 fully saturated rings. The Morgan fingerprint density at radius 2 is 1.72 bits per heavy atom. The molecule has 3 aromatic carbocycles. The minimum absolute atomic E-state index is 0.166. The van der Waals surface area contributed by atoms with Gasteiger partial charge in [0.25, 0.3) is 0 Å².